The highest BCUT2D eigenvalue weighted by molar-refractivity contribution is 7.93. The molecule has 1 amide bonds. The van der Waals surface area contributed by atoms with E-state index in [1.165, 1.54) is 7.11 Å². The van der Waals surface area contributed by atoms with Gasteiger partial charge in [-0.15, -0.1) is 0 Å². The van der Waals surface area contributed by atoms with Crippen molar-refractivity contribution in [1.29, 1.82) is 0 Å². The lowest BCUT2D eigenvalue weighted by molar-refractivity contribution is -0.150. The summed E-state index contributed by atoms with van der Waals surface area (Å²) in [5.41, 5.74) is -0.116. The minimum atomic E-state index is -3.17. The molecule has 22 heavy (non-hydrogen) atoms. The van der Waals surface area contributed by atoms with E-state index in [9.17, 15) is 18.3 Å². The van der Waals surface area contributed by atoms with E-state index in [1.807, 2.05) is 16.8 Å². The quantitative estimate of drug-likeness (QED) is 0.836. The van der Waals surface area contributed by atoms with E-state index < -0.39 is 15.4 Å². The Balaban J connectivity index is 1.77. The summed E-state index contributed by atoms with van der Waals surface area (Å²) in [6.07, 6.45) is 0. The first-order valence-corrected chi connectivity index (χ1v) is 9.85. The van der Waals surface area contributed by atoms with Crippen molar-refractivity contribution in [2.75, 3.05) is 38.3 Å². The average molecular weight is 345 g/mol. The number of sulfone groups is 1. The van der Waals surface area contributed by atoms with Crippen molar-refractivity contribution >= 4 is 27.1 Å². The van der Waals surface area contributed by atoms with Crippen molar-refractivity contribution < 1.29 is 23.1 Å². The Morgan fingerprint density at radius 3 is 2.73 bits per heavy atom. The Kier molecular flexibility index (Phi) is 4.05. The molecule has 6 nitrogen and oxygen atoms in total. The minimum absolute atomic E-state index is 0.00255. The predicted molar refractivity (Wildman–Crippen MR) is 82.6 cm³/mol. The third-order valence-electron chi connectivity index (χ3n) is 4.62. The molecule has 0 aliphatic carbocycles. The molecule has 2 saturated heterocycles. The van der Waals surface area contributed by atoms with Crippen LogP contribution in [0.4, 0.5) is 0 Å². The van der Waals surface area contributed by atoms with Crippen LogP contribution in [0.5, 0.6) is 0 Å². The van der Waals surface area contributed by atoms with Crippen molar-refractivity contribution in [3.63, 3.8) is 0 Å². The van der Waals surface area contributed by atoms with Crippen LogP contribution in [-0.2, 0) is 19.4 Å². The Morgan fingerprint density at radius 1 is 1.50 bits per heavy atom. The van der Waals surface area contributed by atoms with Crippen LogP contribution >= 0.6 is 11.3 Å². The molecule has 8 heteroatoms. The zero-order chi connectivity index (χ0) is 16.0. The zero-order valence-corrected chi connectivity index (χ0v) is 13.9. The number of carbonyl (C=O) groups excluding carboxylic acids is 1. The number of hydrogen-bond donors (Lipinski definition) is 1. The van der Waals surface area contributed by atoms with Crippen LogP contribution in [0.15, 0.2) is 16.8 Å². The van der Waals surface area contributed by atoms with Gasteiger partial charge in [-0.3, -0.25) is 4.79 Å². The molecule has 2 fully saturated rings. The van der Waals surface area contributed by atoms with Gasteiger partial charge in [-0.2, -0.15) is 11.3 Å². The molecule has 0 aromatic carbocycles. The van der Waals surface area contributed by atoms with Crippen LogP contribution < -0.4 is 0 Å². The Hall–Kier alpha value is -0.960. The van der Waals surface area contributed by atoms with Gasteiger partial charge in [-0.05, 0) is 22.4 Å². The number of aliphatic hydroxyl groups excluding tert-OH is 1. The van der Waals surface area contributed by atoms with Gasteiger partial charge in [0.05, 0.1) is 11.5 Å². The van der Waals surface area contributed by atoms with Crippen molar-refractivity contribution in [3.8, 4) is 0 Å². The third-order valence-corrected chi connectivity index (χ3v) is 7.13. The van der Waals surface area contributed by atoms with Gasteiger partial charge in [0, 0.05) is 38.6 Å². The van der Waals surface area contributed by atoms with E-state index >= 15 is 0 Å². The molecular weight excluding hydrogens is 326 g/mol. The van der Waals surface area contributed by atoms with Gasteiger partial charge in [-0.1, -0.05) is 0 Å². The van der Waals surface area contributed by atoms with E-state index in [-0.39, 0.29) is 35.9 Å². The average Bonchev–Trinajstić information content (AvgIpc) is 3.11. The number of carbonyl (C=O) groups is 1. The molecule has 3 rings (SSSR count). The standard InChI is InChI=1S/C14H19NO5S2/c1-20-14(8-22(18,19)9-14)13(17)15-4-11(6-16)12(5-15)10-2-3-21-7-10/h2-3,7,11-12,16H,4-6,8-9H2,1H3/t11-,12-/m0/s1. The number of nitrogens with zero attached hydrogens (tertiary/aromatic N) is 1. The summed E-state index contributed by atoms with van der Waals surface area (Å²) in [5.74, 6) is -0.715. The van der Waals surface area contributed by atoms with Crippen LogP contribution in [0, 0.1) is 5.92 Å². The zero-order valence-electron chi connectivity index (χ0n) is 12.3. The molecule has 2 aliphatic heterocycles. The van der Waals surface area contributed by atoms with Crippen LogP contribution in [0.25, 0.3) is 0 Å². The lowest BCUT2D eigenvalue weighted by Crippen LogP contribution is -2.65. The van der Waals surface area contributed by atoms with Gasteiger partial charge >= 0.3 is 0 Å². The number of aliphatic hydroxyl groups is 1. The van der Waals surface area contributed by atoms with Crippen molar-refractivity contribution in [2.45, 2.75) is 11.5 Å². The Labute approximate surface area is 133 Å². The molecule has 2 atom stereocenters. The Bertz CT molecular complexity index is 643. The number of ether oxygens (including phenoxy) is 1. The maximum Gasteiger partial charge on any atom is 0.256 e. The summed E-state index contributed by atoms with van der Waals surface area (Å²) >= 11 is 1.58. The number of methoxy groups -OCH3 is 1. The van der Waals surface area contributed by atoms with Gasteiger partial charge in [0.2, 0.25) is 0 Å². The lowest BCUT2D eigenvalue weighted by atomic mass is 9.91. The summed E-state index contributed by atoms with van der Waals surface area (Å²) in [7, 11) is -1.79. The lowest BCUT2D eigenvalue weighted by Gasteiger charge is -2.40. The van der Waals surface area contributed by atoms with E-state index in [2.05, 4.69) is 0 Å². The third kappa shape index (κ3) is 2.58. The maximum atomic E-state index is 12.7. The van der Waals surface area contributed by atoms with Crippen LogP contribution in [-0.4, -0.2) is 68.2 Å². The maximum absolute atomic E-state index is 12.7. The molecule has 3 heterocycles. The molecule has 1 aromatic rings. The van der Waals surface area contributed by atoms with Crippen LogP contribution in [0.1, 0.15) is 11.5 Å². The molecule has 0 spiro atoms. The summed E-state index contributed by atoms with van der Waals surface area (Å²) in [6.45, 7) is 0.926. The predicted octanol–water partition coefficient (Wildman–Crippen LogP) is 0.0960. The summed E-state index contributed by atoms with van der Waals surface area (Å²) in [4.78, 5) is 14.3. The van der Waals surface area contributed by atoms with E-state index in [0.29, 0.717) is 13.1 Å². The number of hydrogen-bond acceptors (Lipinski definition) is 6. The topological polar surface area (TPSA) is 83.9 Å². The normalized spacial score (nSPS) is 29.3. The second kappa shape index (κ2) is 5.59. The van der Waals surface area contributed by atoms with Crippen LogP contribution in [0.3, 0.4) is 0 Å². The van der Waals surface area contributed by atoms with Gasteiger partial charge in [0.15, 0.2) is 15.4 Å². The monoisotopic (exact) mass is 345 g/mol. The van der Waals surface area contributed by atoms with Gasteiger partial charge in [0.1, 0.15) is 0 Å². The largest absolute Gasteiger partial charge is 0.396 e. The number of likely N-dealkylation sites (tertiary alicyclic amines) is 1. The number of thiophene rings is 1. The smallest absolute Gasteiger partial charge is 0.256 e. The highest BCUT2D eigenvalue weighted by Gasteiger charge is 2.57. The molecular formula is C14H19NO5S2. The molecule has 2 aliphatic rings. The first-order valence-electron chi connectivity index (χ1n) is 7.09. The van der Waals surface area contributed by atoms with Crippen molar-refractivity contribution in [3.05, 3.63) is 22.4 Å². The summed E-state index contributed by atoms with van der Waals surface area (Å²) in [6, 6.07) is 2.01. The fraction of sp³-hybridized carbons (Fsp3) is 0.643. The van der Waals surface area contributed by atoms with Gasteiger partial charge in [-0.25, -0.2) is 8.42 Å². The van der Waals surface area contributed by atoms with Gasteiger partial charge < -0.3 is 14.7 Å². The van der Waals surface area contributed by atoms with Crippen molar-refractivity contribution in [2.24, 2.45) is 5.92 Å². The van der Waals surface area contributed by atoms with Gasteiger partial charge in [0.25, 0.3) is 5.91 Å². The second-order valence-electron chi connectivity index (χ2n) is 6.05. The Morgan fingerprint density at radius 2 is 2.23 bits per heavy atom. The highest BCUT2D eigenvalue weighted by Crippen LogP contribution is 2.37. The molecule has 0 bridgehead atoms. The molecule has 0 saturated carbocycles. The number of rotatable bonds is 4. The SMILES string of the molecule is COC1(C(=O)N2C[C@@H](CO)[C@H](c3ccsc3)C2)CS(=O)(=O)C1. The first kappa shape index (κ1) is 15.9. The highest BCUT2D eigenvalue weighted by atomic mass is 32.2. The minimum Gasteiger partial charge on any atom is -0.396 e. The number of amides is 1. The fourth-order valence-corrected chi connectivity index (χ4v) is 5.91. The summed E-state index contributed by atoms with van der Waals surface area (Å²) < 4.78 is 28.2. The van der Waals surface area contributed by atoms with Crippen molar-refractivity contribution in [1.82, 2.24) is 4.90 Å². The van der Waals surface area contributed by atoms with E-state index in [1.54, 1.807) is 16.2 Å². The molecule has 0 radical (unpaired) electrons. The van der Waals surface area contributed by atoms with E-state index in [4.69, 9.17) is 4.74 Å². The van der Waals surface area contributed by atoms with Crippen LogP contribution in [0.2, 0.25) is 0 Å². The molecule has 1 aromatic heterocycles. The second-order valence-corrected chi connectivity index (χ2v) is 8.89. The molecule has 0 unspecified atom stereocenters. The summed E-state index contributed by atoms with van der Waals surface area (Å²) in [5, 5.41) is 13.6. The fourth-order valence-electron chi connectivity index (χ4n) is 3.37. The molecule has 1 N–H and O–H groups in total. The first-order chi connectivity index (χ1) is 10.4. The molecule has 122 valence electrons. The van der Waals surface area contributed by atoms with E-state index in [0.717, 1.165) is 5.56 Å².